The molecule has 1 saturated heterocycles. The lowest BCUT2D eigenvalue weighted by Crippen LogP contribution is -3.27. The summed E-state index contributed by atoms with van der Waals surface area (Å²) >= 11 is 0. The van der Waals surface area contributed by atoms with Gasteiger partial charge in [-0.25, -0.2) is 9.07 Å². The highest BCUT2D eigenvalue weighted by Crippen LogP contribution is 2.23. The third-order valence-corrected chi connectivity index (χ3v) is 4.76. The summed E-state index contributed by atoms with van der Waals surface area (Å²) in [4.78, 5) is 2.84. The van der Waals surface area contributed by atoms with Gasteiger partial charge < -0.3 is 9.80 Å². The van der Waals surface area contributed by atoms with Gasteiger partial charge in [0, 0.05) is 0 Å². The number of aromatic nitrogens is 4. The van der Waals surface area contributed by atoms with Gasteiger partial charge in [-0.3, -0.25) is 0 Å². The van der Waals surface area contributed by atoms with Gasteiger partial charge >= 0.3 is 0 Å². The van der Waals surface area contributed by atoms with Gasteiger partial charge in [0.15, 0.2) is 6.04 Å². The molecule has 2 heterocycles. The number of nitrogens with zero attached hydrogens (tertiary/aromatic N) is 4. The molecule has 0 amide bonds. The van der Waals surface area contributed by atoms with E-state index in [1.165, 1.54) is 15.9 Å². The zero-order valence-electron chi connectivity index (χ0n) is 14.9. The summed E-state index contributed by atoms with van der Waals surface area (Å²) in [6.45, 7) is 10.3. The first-order valence-electron chi connectivity index (χ1n) is 8.57. The topological polar surface area (TPSA) is 52.5 Å². The van der Waals surface area contributed by atoms with Gasteiger partial charge in [-0.15, -0.1) is 5.10 Å². The zero-order valence-corrected chi connectivity index (χ0v) is 14.9. The molecule has 7 heteroatoms. The van der Waals surface area contributed by atoms with Crippen molar-refractivity contribution in [1.82, 2.24) is 20.2 Å². The van der Waals surface area contributed by atoms with Gasteiger partial charge in [0.05, 0.1) is 18.2 Å². The molecule has 24 heavy (non-hydrogen) atoms. The molecule has 1 fully saturated rings. The van der Waals surface area contributed by atoms with E-state index in [1.54, 1.807) is 6.07 Å². The van der Waals surface area contributed by atoms with Crippen molar-refractivity contribution in [3.05, 3.63) is 41.5 Å². The van der Waals surface area contributed by atoms with Crippen LogP contribution >= 0.6 is 0 Å². The fourth-order valence-electron chi connectivity index (χ4n) is 3.39. The number of rotatable bonds is 3. The maximum absolute atomic E-state index is 14.6. The number of benzene rings is 1. The Morgan fingerprint density at radius 2 is 1.79 bits per heavy atom. The van der Waals surface area contributed by atoms with E-state index < -0.39 is 0 Å². The molecule has 2 aromatic rings. The standard InChI is InChI=1S/C17H25FN6/c1-17(2,3)24-16(19-20-21-24)15(13-7-5-6-8-14(13)18)23-11-9-22(4)10-12-23/h5-8,15H,9-12H2,1-4H3/p+2/t15-/m1/s1. The fraction of sp³-hybridized carbons (Fsp3) is 0.588. The minimum absolute atomic E-state index is 0.187. The van der Waals surface area contributed by atoms with Crippen molar-refractivity contribution < 1.29 is 14.2 Å². The Morgan fingerprint density at radius 1 is 1.12 bits per heavy atom. The molecule has 1 aliphatic heterocycles. The van der Waals surface area contributed by atoms with Crippen LogP contribution in [0.4, 0.5) is 4.39 Å². The molecule has 0 radical (unpaired) electrons. The molecule has 0 spiro atoms. The van der Waals surface area contributed by atoms with Crippen molar-refractivity contribution >= 4 is 0 Å². The van der Waals surface area contributed by atoms with E-state index in [1.807, 2.05) is 16.8 Å². The summed E-state index contributed by atoms with van der Waals surface area (Å²) in [6.07, 6.45) is 0. The molecule has 1 aromatic heterocycles. The van der Waals surface area contributed by atoms with Crippen LogP contribution in [0.2, 0.25) is 0 Å². The predicted octanol–water partition coefficient (Wildman–Crippen LogP) is -0.930. The second-order valence-electron chi connectivity index (χ2n) is 7.69. The minimum atomic E-state index is -0.250. The highest BCUT2D eigenvalue weighted by Gasteiger charge is 2.38. The Kier molecular flexibility index (Phi) is 4.64. The van der Waals surface area contributed by atoms with Crippen LogP contribution in [0.3, 0.4) is 0 Å². The number of likely N-dealkylation sites (N-methyl/N-ethyl adjacent to an activating group) is 1. The Balaban J connectivity index is 2.06. The number of tetrazole rings is 1. The predicted molar refractivity (Wildman–Crippen MR) is 88.4 cm³/mol. The first-order chi connectivity index (χ1) is 11.4. The lowest BCUT2D eigenvalue weighted by molar-refractivity contribution is -1.02. The monoisotopic (exact) mass is 334 g/mol. The second kappa shape index (κ2) is 6.57. The third kappa shape index (κ3) is 3.32. The second-order valence-corrected chi connectivity index (χ2v) is 7.69. The van der Waals surface area contributed by atoms with Gasteiger partial charge in [-0.2, -0.15) is 0 Å². The van der Waals surface area contributed by atoms with Crippen molar-refractivity contribution in [2.45, 2.75) is 32.4 Å². The summed E-state index contributed by atoms with van der Waals surface area (Å²) < 4.78 is 16.4. The fourth-order valence-corrected chi connectivity index (χ4v) is 3.39. The molecule has 0 unspecified atom stereocenters. The Morgan fingerprint density at radius 3 is 2.42 bits per heavy atom. The van der Waals surface area contributed by atoms with Crippen molar-refractivity contribution in [2.24, 2.45) is 0 Å². The quantitative estimate of drug-likeness (QED) is 0.763. The normalized spacial score (nSPS) is 23.2. The van der Waals surface area contributed by atoms with Crippen LogP contribution in [0, 0.1) is 5.82 Å². The zero-order chi connectivity index (χ0) is 17.3. The maximum atomic E-state index is 14.6. The minimum Gasteiger partial charge on any atom is -0.328 e. The number of quaternary nitrogens is 2. The Bertz CT molecular complexity index is 684. The Labute approximate surface area is 142 Å². The largest absolute Gasteiger partial charge is 0.328 e. The summed E-state index contributed by atoms with van der Waals surface area (Å²) in [5.41, 5.74) is 0.423. The van der Waals surface area contributed by atoms with Crippen molar-refractivity contribution in [2.75, 3.05) is 33.2 Å². The molecular formula is C17H27FN6+2. The third-order valence-electron chi connectivity index (χ3n) is 4.76. The summed E-state index contributed by atoms with van der Waals surface area (Å²) in [5, 5.41) is 12.4. The maximum Gasteiger partial charge on any atom is 0.214 e. The molecule has 1 aliphatic rings. The van der Waals surface area contributed by atoms with E-state index in [0.29, 0.717) is 5.56 Å². The molecule has 1 aromatic carbocycles. The van der Waals surface area contributed by atoms with E-state index in [9.17, 15) is 4.39 Å². The number of nitrogens with one attached hydrogen (secondary N) is 2. The van der Waals surface area contributed by atoms with Crippen LogP contribution in [-0.4, -0.2) is 53.4 Å². The molecule has 3 rings (SSSR count). The SMILES string of the molecule is C[NH+]1CC[NH+]([C@H](c2ccccc2F)c2nnnn2C(C)(C)C)CC1. The molecule has 0 saturated carbocycles. The van der Waals surface area contributed by atoms with Crippen LogP contribution < -0.4 is 9.80 Å². The van der Waals surface area contributed by atoms with Crippen molar-refractivity contribution in [1.29, 1.82) is 0 Å². The number of halogens is 1. The van der Waals surface area contributed by atoms with Crippen LogP contribution in [0.5, 0.6) is 0 Å². The summed E-state index contributed by atoms with van der Waals surface area (Å²) in [5.74, 6) is 0.548. The van der Waals surface area contributed by atoms with E-state index in [4.69, 9.17) is 0 Å². The van der Waals surface area contributed by atoms with Gasteiger partial charge in [-0.05, 0) is 43.3 Å². The van der Waals surface area contributed by atoms with Gasteiger partial charge in [-0.1, -0.05) is 12.1 Å². The molecule has 0 aliphatic carbocycles. The average Bonchev–Trinajstić information content (AvgIpc) is 3.01. The molecule has 130 valence electrons. The van der Waals surface area contributed by atoms with Crippen molar-refractivity contribution in [3.63, 3.8) is 0 Å². The lowest BCUT2D eigenvalue weighted by Gasteiger charge is -2.34. The van der Waals surface area contributed by atoms with E-state index in [-0.39, 0.29) is 17.4 Å². The van der Waals surface area contributed by atoms with Crippen LogP contribution in [0.15, 0.2) is 24.3 Å². The number of hydrogen-bond donors (Lipinski definition) is 2. The van der Waals surface area contributed by atoms with Gasteiger partial charge in [0.1, 0.15) is 32.0 Å². The number of piperazine rings is 1. The van der Waals surface area contributed by atoms with E-state index >= 15 is 0 Å². The Hall–Kier alpha value is -1.86. The lowest BCUT2D eigenvalue weighted by atomic mass is 10.0. The molecule has 6 nitrogen and oxygen atoms in total. The molecule has 0 bridgehead atoms. The smallest absolute Gasteiger partial charge is 0.214 e. The van der Waals surface area contributed by atoms with Crippen LogP contribution in [-0.2, 0) is 5.54 Å². The van der Waals surface area contributed by atoms with E-state index in [2.05, 4.69) is 43.3 Å². The molecular weight excluding hydrogens is 307 g/mol. The summed E-state index contributed by atoms with van der Waals surface area (Å²) in [6, 6.07) is 6.81. The first-order valence-corrected chi connectivity index (χ1v) is 8.57. The van der Waals surface area contributed by atoms with E-state index in [0.717, 1.165) is 32.0 Å². The summed E-state index contributed by atoms with van der Waals surface area (Å²) in [7, 11) is 2.20. The average molecular weight is 334 g/mol. The van der Waals surface area contributed by atoms with Gasteiger partial charge in [0.25, 0.3) is 0 Å². The molecule has 2 N–H and O–H groups in total. The highest BCUT2D eigenvalue weighted by atomic mass is 19.1. The van der Waals surface area contributed by atoms with Crippen LogP contribution in [0.1, 0.15) is 38.2 Å². The van der Waals surface area contributed by atoms with Crippen LogP contribution in [0.25, 0.3) is 0 Å². The highest BCUT2D eigenvalue weighted by molar-refractivity contribution is 5.24. The van der Waals surface area contributed by atoms with Gasteiger partial charge in [0.2, 0.25) is 5.82 Å². The first kappa shape index (κ1) is 17.0. The molecule has 1 atom stereocenters. The number of hydrogen-bond acceptors (Lipinski definition) is 3. The van der Waals surface area contributed by atoms with Crippen molar-refractivity contribution in [3.8, 4) is 0 Å².